The van der Waals surface area contributed by atoms with Crippen molar-refractivity contribution in [1.29, 1.82) is 0 Å². The lowest BCUT2D eigenvalue weighted by molar-refractivity contribution is -0.143. The number of rotatable bonds is 6. The molecule has 2 aromatic carbocycles. The highest BCUT2D eigenvalue weighted by Crippen LogP contribution is 2.36. The van der Waals surface area contributed by atoms with Crippen LogP contribution < -0.4 is 4.90 Å². The number of para-hydroxylation sites is 1. The molecule has 0 unspecified atom stereocenters. The zero-order chi connectivity index (χ0) is 24.5. The number of halogens is 6. The summed E-state index contributed by atoms with van der Waals surface area (Å²) in [7, 11) is 1.49. The zero-order valence-corrected chi connectivity index (χ0v) is 17.6. The van der Waals surface area contributed by atoms with Gasteiger partial charge in [-0.2, -0.15) is 36.2 Å². The van der Waals surface area contributed by atoms with Crippen molar-refractivity contribution in [2.24, 2.45) is 7.05 Å². The van der Waals surface area contributed by atoms with Crippen molar-refractivity contribution in [3.63, 3.8) is 0 Å². The quantitative estimate of drug-likeness (QED) is 0.376. The SMILES string of the molecule is Cn1nnc(N(Cc2cc(C(F)(F)F)cc(C(F)(F)F)c2)Cc2ccnn2-c2ccccc2)n1. The lowest BCUT2D eigenvalue weighted by Gasteiger charge is -2.22. The number of nitrogens with zero attached hydrogens (tertiary/aromatic N) is 7. The van der Waals surface area contributed by atoms with E-state index >= 15 is 0 Å². The Morgan fingerprint density at radius 1 is 0.853 bits per heavy atom. The largest absolute Gasteiger partial charge is 0.416 e. The first-order valence-electron chi connectivity index (χ1n) is 9.86. The predicted octanol–water partition coefficient (Wildman–Crippen LogP) is 4.64. The minimum atomic E-state index is -4.95. The van der Waals surface area contributed by atoms with Crippen LogP contribution in [0.1, 0.15) is 22.4 Å². The Hall–Kier alpha value is -3.90. The first-order chi connectivity index (χ1) is 16.0. The lowest BCUT2D eigenvalue weighted by Crippen LogP contribution is -2.26. The molecule has 0 atom stereocenters. The van der Waals surface area contributed by atoms with Gasteiger partial charge in [0.15, 0.2) is 0 Å². The molecule has 0 spiro atoms. The van der Waals surface area contributed by atoms with Gasteiger partial charge in [-0.15, -0.1) is 5.10 Å². The molecule has 4 aromatic rings. The van der Waals surface area contributed by atoms with Crippen molar-refractivity contribution in [3.8, 4) is 5.69 Å². The Morgan fingerprint density at radius 2 is 1.50 bits per heavy atom. The number of alkyl halides is 6. The zero-order valence-electron chi connectivity index (χ0n) is 17.6. The molecule has 2 heterocycles. The van der Waals surface area contributed by atoms with Gasteiger partial charge in [0.05, 0.1) is 36.1 Å². The fraction of sp³-hybridized carbons (Fsp3) is 0.238. The Morgan fingerprint density at radius 3 is 2.06 bits per heavy atom. The van der Waals surface area contributed by atoms with Crippen LogP contribution in [0.5, 0.6) is 0 Å². The Labute approximate surface area is 189 Å². The fourth-order valence-corrected chi connectivity index (χ4v) is 3.38. The number of hydrogen-bond acceptors (Lipinski definition) is 5. The third-order valence-electron chi connectivity index (χ3n) is 4.88. The van der Waals surface area contributed by atoms with E-state index < -0.39 is 23.5 Å². The highest BCUT2D eigenvalue weighted by atomic mass is 19.4. The summed E-state index contributed by atoms with van der Waals surface area (Å²) < 4.78 is 81.5. The van der Waals surface area contributed by atoms with Crippen LogP contribution in [-0.4, -0.2) is 30.0 Å². The Balaban J connectivity index is 1.73. The molecule has 178 valence electrons. The van der Waals surface area contributed by atoms with Crippen LogP contribution in [0.2, 0.25) is 0 Å². The molecule has 34 heavy (non-hydrogen) atoms. The van der Waals surface area contributed by atoms with Crippen molar-refractivity contribution < 1.29 is 26.3 Å². The third-order valence-corrected chi connectivity index (χ3v) is 4.88. The average Bonchev–Trinajstić information content (AvgIpc) is 3.41. The first kappa shape index (κ1) is 23.3. The number of tetrazole rings is 1. The van der Waals surface area contributed by atoms with E-state index in [1.54, 1.807) is 10.7 Å². The van der Waals surface area contributed by atoms with E-state index in [-0.39, 0.29) is 30.7 Å². The van der Waals surface area contributed by atoms with Crippen LogP contribution in [0.3, 0.4) is 0 Å². The normalized spacial score (nSPS) is 12.2. The molecule has 0 N–H and O–H groups in total. The van der Waals surface area contributed by atoms with Gasteiger partial charge in [-0.1, -0.05) is 23.3 Å². The fourth-order valence-electron chi connectivity index (χ4n) is 3.38. The maximum Gasteiger partial charge on any atom is 0.416 e. The number of aryl methyl sites for hydroxylation is 1. The van der Waals surface area contributed by atoms with Gasteiger partial charge in [0, 0.05) is 12.7 Å². The van der Waals surface area contributed by atoms with E-state index in [9.17, 15) is 26.3 Å². The smallest absolute Gasteiger partial charge is 0.328 e. The van der Waals surface area contributed by atoms with Crippen molar-refractivity contribution in [2.45, 2.75) is 25.4 Å². The summed E-state index contributed by atoms with van der Waals surface area (Å²) in [5.74, 6) is 0.0364. The topological polar surface area (TPSA) is 64.7 Å². The molecule has 13 heteroatoms. The summed E-state index contributed by atoms with van der Waals surface area (Å²) in [6.45, 7) is -0.295. The second-order valence-electron chi connectivity index (χ2n) is 7.42. The van der Waals surface area contributed by atoms with Crippen LogP contribution in [-0.2, 0) is 32.5 Å². The van der Waals surface area contributed by atoms with Crippen LogP contribution >= 0.6 is 0 Å². The predicted molar refractivity (Wildman–Crippen MR) is 109 cm³/mol. The van der Waals surface area contributed by atoms with Crippen LogP contribution in [0.25, 0.3) is 5.69 Å². The lowest BCUT2D eigenvalue weighted by atomic mass is 10.0. The van der Waals surface area contributed by atoms with Gasteiger partial charge in [-0.05, 0) is 47.2 Å². The standard InChI is InChI=1S/C21H17F6N7/c1-32-30-19(29-31-32)33(13-18-7-8-28-34(18)17-5-3-2-4-6-17)12-14-9-15(20(22,23)24)11-16(10-14)21(25,26)27/h2-11H,12-13H2,1H3. The van der Waals surface area contributed by atoms with Gasteiger partial charge < -0.3 is 4.90 Å². The summed E-state index contributed by atoms with van der Waals surface area (Å²) in [6.07, 6.45) is -8.36. The molecule has 0 aliphatic rings. The van der Waals surface area contributed by atoms with Crippen LogP contribution in [0.4, 0.5) is 32.3 Å². The highest BCUT2D eigenvalue weighted by molar-refractivity contribution is 5.39. The maximum absolute atomic E-state index is 13.3. The molecule has 0 radical (unpaired) electrons. The highest BCUT2D eigenvalue weighted by Gasteiger charge is 2.37. The summed E-state index contributed by atoms with van der Waals surface area (Å²) in [5.41, 5.74) is -1.65. The van der Waals surface area contributed by atoms with Crippen molar-refractivity contribution in [1.82, 2.24) is 30.0 Å². The summed E-state index contributed by atoms with van der Waals surface area (Å²) >= 11 is 0. The summed E-state index contributed by atoms with van der Waals surface area (Å²) in [4.78, 5) is 2.57. The number of anilines is 1. The van der Waals surface area contributed by atoms with Gasteiger partial charge in [0.1, 0.15) is 0 Å². The van der Waals surface area contributed by atoms with Gasteiger partial charge >= 0.3 is 12.4 Å². The van der Waals surface area contributed by atoms with E-state index in [0.29, 0.717) is 17.8 Å². The van der Waals surface area contributed by atoms with Gasteiger partial charge in [0.2, 0.25) is 0 Å². The van der Waals surface area contributed by atoms with Gasteiger partial charge in [-0.3, -0.25) is 0 Å². The molecule has 0 bridgehead atoms. The summed E-state index contributed by atoms with van der Waals surface area (Å²) in [6, 6.07) is 12.2. The molecule has 0 fully saturated rings. The minimum Gasteiger partial charge on any atom is -0.328 e. The minimum absolute atomic E-state index is 0.0364. The van der Waals surface area contributed by atoms with E-state index in [2.05, 4.69) is 20.5 Å². The molecule has 0 saturated carbocycles. The number of hydrogen-bond donors (Lipinski definition) is 0. The third kappa shape index (κ3) is 5.18. The molecule has 0 aliphatic heterocycles. The van der Waals surface area contributed by atoms with Crippen molar-refractivity contribution in [2.75, 3.05) is 4.90 Å². The van der Waals surface area contributed by atoms with E-state index in [1.165, 1.54) is 18.1 Å². The monoisotopic (exact) mass is 481 g/mol. The van der Waals surface area contributed by atoms with E-state index in [0.717, 1.165) is 10.5 Å². The summed E-state index contributed by atoms with van der Waals surface area (Å²) in [5, 5.41) is 16.0. The van der Waals surface area contributed by atoms with Crippen LogP contribution in [0, 0.1) is 0 Å². The molecule has 0 saturated heterocycles. The first-order valence-corrected chi connectivity index (χ1v) is 9.86. The molecule has 2 aromatic heterocycles. The molecule has 4 rings (SSSR count). The number of aromatic nitrogens is 6. The van der Waals surface area contributed by atoms with Gasteiger partial charge in [0.25, 0.3) is 5.95 Å². The maximum atomic E-state index is 13.3. The van der Waals surface area contributed by atoms with Gasteiger partial charge in [-0.25, -0.2) is 4.68 Å². The van der Waals surface area contributed by atoms with Crippen molar-refractivity contribution >= 4 is 5.95 Å². The average molecular weight is 481 g/mol. The molecule has 0 aliphatic carbocycles. The van der Waals surface area contributed by atoms with E-state index in [1.807, 2.05) is 30.3 Å². The van der Waals surface area contributed by atoms with Crippen molar-refractivity contribution in [3.05, 3.63) is 83.2 Å². The molecule has 7 nitrogen and oxygen atoms in total. The Kier molecular flexibility index (Phi) is 6.02. The molecule has 0 amide bonds. The number of benzene rings is 2. The molecular formula is C21H17F6N7. The Bertz CT molecular complexity index is 1230. The second-order valence-corrected chi connectivity index (χ2v) is 7.42. The van der Waals surface area contributed by atoms with E-state index in [4.69, 9.17) is 0 Å². The van der Waals surface area contributed by atoms with Crippen LogP contribution in [0.15, 0.2) is 60.8 Å². The molecular weight excluding hydrogens is 464 g/mol. The second kappa shape index (κ2) is 8.80.